The molecule has 10 heteroatoms. The molecule has 5 rings (SSSR count). The quantitative estimate of drug-likeness (QED) is 0.539. The van der Waals surface area contributed by atoms with Crippen LogP contribution in [0.3, 0.4) is 0 Å². The number of ether oxygens (including phenoxy) is 2. The molecule has 1 fully saturated rings. The highest BCUT2D eigenvalue weighted by Gasteiger charge is 2.27. The third-order valence-corrected chi connectivity index (χ3v) is 7.02. The minimum Gasteiger partial charge on any atom is -0.481 e. The minimum atomic E-state index is -0.511. The maximum Gasteiger partial charge on any atom is 0.213 e. The van der Waals surface area contributed by atoms with Gasteiger partial charge in [0, 0.05) is 37.3 Å². The number of methoxy groups -OCH3 is 1. The first-order chi connectivity index (χ1) is 16.1. The Hall–Kier alpha value is -2.53. The molecule has 0 amide bonds. The van der Waals surface area contributed by atoms with Crippen molar-refractivity contribution in [3.05, 3.63) is 47.7 Å². The maximum atomic E-state index is 14.6. The van der Waals surface area contributed by atoms with E-state index in [2.05, 4.69) is 25.2 Å². The molecule has 0 bridgehead atoms. The number of β-amino-alcohol motifs (C(OH)–C–C–N with tert-alkyl or cyclic N) is 1. The first kappa shape index (κ1) is 22.3. The van der Waals surface area contributed by atoms with Gasteiger partial charge in [0.15, 0.2) is 5.75 Å². The van der Waals surface area contributed by atoms with E-state index in [0.717, 1.165) is 29.3 Å². The standard InChI is InChI=1S/C23H26FN5O3S/c1-31-22-3-2-18-23(28-22)15(16(24)10-27-18)4-6-29-7-5-17(19(30)12-29)26-9-14-8-21-20(11-25-14)32-13-33-21/h2-3,8,10-11,17,19,26,30H,4-7,9,12-13H2,1H3/t17-,19?/m0/s1. The highest BCUT2D eigenvalue weighted by molar-refractivity contribution is 7.99. The van der Waals surface area contributed by atoms with Crippen LogP contribution in [0.4, 0.5) is 4.39 Å². The summed E-state index contributed by atoms with van der Waals surface area (Å²) < 4.78 is 25.2. The molecule has 2 aliphatic rings. The number of hydrogen-bond donors (Lipinski definition) is 2. The lowest BCUT2D eigenvalue weighted by Gasteiger charge is -2.36. The summed E-state index contributed by atoms with van der Waals surface area (Å²) in [6, 6.07) is 5.53. The van der Waals surface area contributed by atoms with Crippen LogP contribution in [0.2, 0.25) is 0 Å². The Morgan fingerprint density at radius 2 is 2.24 bits per heavy atom. The molecule has 2 N–H and O–H groups in total. The van der Waals surface area contributed by atoms with Crippen LogP contribution in [0.15, 0.2) is 35.5 Å². The molecule has 8 nitrogen and oxygen atoms in total. The number of likely N-dealkylation sites (tertiary alicyclic amines) is 1. The lowest BCUT2D eigenvalue weighted by atomic mass is 10.0. The van der Waals surface area contributed by atoms with Crippen molar-refractivity contribution in [3.63, 3.8) is 0 Å². The summed E-state index contributed by atoms with van der Waals surface area (Å²) in [5.74, 6) is 1.53. The van der Waals surface area contributed by atoms with Crippen LogP contribution in [0.5, 0.6) is 11.6 Å². The summed E-state index contributed by atoms with van der Waals surface area (Å²) >= 11 is 1.66. The molecule has 0 radical (unpaired) electrons. The van der Waals surface area contributed by atoms with Gasteiger partial charge in [-0.15, -0.1) is 0 Å². The number of aromatic nitrogens is 3. The average molecular weight is 472 g/mol. The number of thioether (sulfide) groups is 1. The SMILES string of the molecule is COc1ccc2ncc(F)c(CCN3CC[C@H](NCc4cc5c(cn4)OCS5)C(O)C3)c2n1. The smallest absolute Gasteiger partial charge is 0.213 e. The van der Waals surface area contributed by atoms with E-state index in [0.29, 0.717) is 54.5 Å². The Balaban J connectivity index is 1.17. The van der Waals surface area contributed by atoms with E-state index in [1.54, 1.807) is 30.1 Å². The highest BCUT2D eigenvalue weighted by atomic mass is 32.2. The Morgan fingerprint density at radius 3 is 3.09 bits per heavy atom. The Kier molecular flexibility index (Phi) is 6.59. The lowest BCUT2D eigenvalue weighted by molar-refractivity contribution is 0.0403. The van der Waals surface area contributed by atoms with Crippen LogP contribution in [-0.4, -0.2) is 69.8 Å². The van der Waals surface area contributed by atoms with Crippen molar-refractivity contribution in [2.75, 3.05) is 32.7 Å². The van der Waals surface area contributed by atoms with Gasteiger partial charge in [-0.1, -0.05) is 11.8 Å². The molecular formula is C23H26FN5O3S. The van der Waals surface area contributed by atoms with Crippen LogP contribution in [0, 0.1) is 5.82 Å². The van der Waals surface area contributed by atoms with Gasteiger partial charge in [0.2, 0.25) is 5.88 Å². The molecule has 1 saturated heterocycles. The number of aliphatic hydroxyl groups is 1. The molecule has 174 valence electrons. The number of halogens is 1. The van der Waals surface area contributed by atoms with Gasteiger partial charge in [-0.05, 0) is 31.5 Å². The second-order valence-electron chi connectivity index (χ2n) is 8.23. The molecule has 2 atom stereocenters. The fourth-order valence-electron chi connectivity index (χ4n) is 4.31. The molecule has 3 aromatic heterocycles. The second kappa shape index (κ2) is 9.76. The van der Waals surface area contributed by atoms with Crippen molar-refractivity contribution in [1.82, 2.24) is 25.2 Å². The van der Waals surface area contributed by atoms with Crippen molar-refractivity contribution >= 4 is 22.8 Å². The first-order valence-corrected chi connectivity index (χ1v) is 12.0. The topological polar surface area (TPSA) is 92.6 Å². The third kappa shape index (κ3) is 4.89. The van der Waals surface area contributed by atoms with Gasteiger partial charge in [0.1, 0.15) is 11.8 Å². The molecule has 2 aliphatic heterocycles. The van der Waals surface area contributed by atoms with Gasteiger partial charge < -0.3 is 24.8 Å². The number of piperidine rings is 1. The van der Waals surface area contributed by atoms with E-state index < -0.39 is 6.10 Å². The molecule has 33 heavy (non-hydrogen) atoms. The number of pyridine rings is 3. The number of fused-ring (bicyclic) bond motifs is 2. The summed E-state index contributed by atoms with van der Waals surface area (Å²) in [7, 11) is 1.54. The van der Waals surface area contributed by atoms with Crippen LogP contribution in [0.1, 0.15) is 17.7 Å². The summed E-state index contributed by atoms with van der Waals surface area (Å²) in [6.07, 6.45) is 3.78. The summed E-state index contributed by atoms with van der Waals surface area (Å²) in [6.45, 7) is 2.57. The fourth-order valence-corrected chi connectivity index (χ4v) is 5.10. The van der Waals surface area contributed by atoms with Crippen LogP contribution < -0.4 is 14.8 Å². The van der Waals surface area contributed by atoms with Gasteiger partial charge in [0.05, 0.1) is 47.2 Å². The van der Waals surface area contributed by atoms with Crippen molar-refractivity contribution in [3.8, 4) is 11.6 Å². The number of aliphatic hydroxyl groups excluding tert-OH is 1. The number of nitrogens with zero attached hydrogens (tertiary/aromatic N) is 4. The van der Waals surface area contributed by atoms with Gasteiger partial charge in [0.25, 0.3) is 0 Å². The van der Waals surface area contributed by atoms with Gasteiger partial charge in [-0.3, -0.25) is 9.97 Å². The zero-order valence-electron chi connectivity index (χ0n) is 18.3. The number of nitrogens with one attached hydrogen (secondary N) is 1. The summed E-state index contributed by atoms with van der Waals surface area (Å²) in [5.41, 5.74) is 2.62. The normalized spacial score (nSPS) is 20.6. The van der Waals surface area contributed by atoms with E-state index in [1.165, 1.54) is 13.3 Å². The maximum absolute atomic E-state index is 14.6. The molecule has 0 spiro atoms. The Morgan fingerprint density at radius 1 is 1.33 bits per heavy atom. The number of rotatable bonds is 7. The van der Waals surface area contributed by atoms with E-state index in [1.807, 2.05) is 6.07 Å². The second-order valence-corrected chi connectivity index (χ2v) is 9.19. The van der Waals surface area contributed by atoms with Crippen molar-refractivity contribution < 1.29 is 19.0 Å². The summed E-state index contributed by atoms with van der Waals surface area (Å²) in [4.78, 5) is 16.2. The molecule has 0 aromatic carbocycles. The van der Waals surface area contributed by atoms with Crippen LogP contribution in [-0.2, 0) is 13.0 Å². The Bertz CT molecular complexity index is 1150. The van der Waals surface area contributed by atoms with Gasteiger partial charge in [-0.2, -0.15) is 0 Å². The molecule has 5 heterocycles. The van der Waals surface area contributed by atoms with E-state index in [-0.39, 0.29) is 11.9 Å². The third-order valence-electron chi connectivity index (χ3n) is 6.16. The van der Waals surface area contributed by atoms with Crippen LogP contribution in [0.25, 0.3) is 11.0 Å². The van der Waals surface area contributed by atoms with Gasteiger partial charge >= 0.3 is 0 Å². The van der Waals surface area contributed by atoms with E-state index >= 15 is 0 Å². The molecule has 3 aromatic rings. The molecule has 0 saturated carbocycles. The van der Waals surface area contributed by atoms with E-state index in [9.17, 15) is 9.50 Å². The Labute approximate surface area is 195 Å². The highest BCUT2D eigenvalue weighted by Crippen LogP contribution is 2.35. The van der Waals surface area contributed by atoms with Crippen LogP contribution >= 0.6 is 11.8 Å². The predicted octanol–water partition coefficient (Wildman–Crippen LogP) is 2.38. The van der Waals surface area contributed by atoms with Crippen molar-refractivity contribution in [1.29, 1.82) is 0 Å². The van der Waals surface area contributed by atoms with Crippen molar-refractivity contribution in [2.45, 2.75) is 36.4 Å². The zero-order valence-corrected chi connectivity index (χ0v) is 19.1. The lowest BCUT2D eigenvalue weighted by Crippen LogP contribution is -2.52. The largest absolute Gasteiger partial charge is 0.481 e. The summed E-state index contributed by atoms with van der Waals surface area (Å²) in [5, 5.41) is 14.1. The van der Waals surface area contributed by atoms with Crippen molar-refractivity contribution in [2.24, 2.45) is 0 Å². The van der Waals surface area contributed by atoms with E-state index in [4.69, 9.17) is 9.47 Å². The molecule has 0 aliphatic carbocycles. The monoisotopic (exact) mass is 471 g/mol. The average Bonchev–Trinajstić information content (AvgIpc) is 3.30. The molecular weight excluding hydrogens is 445 g/mol. The minimum absolute atomic E-state index is 0.00960. The zero-order chi connectivity index (χ0) is 22.8. The van der Waals surface area contributed by atoms with Gasteiger partial charge in [-0.25, -0.2) is 9.37 Å². The fraction of sp³-hybridized carbons (Fsp3) is 0.435. The first-order valence-electron chi connectivity index (χ1n) is 11.0. The molecule has 1 unspecified atom stereocenters. The number of hydrogen-bond acceptors (Lipinski definition) is 9. The predicted molar refractivity (Wildman–Crippen MR) is 123 cm³/mol.